The van der Waals surface area contributed by atoms with Gasteiger partial charge < -0.3 is 20.3 Å². The molecule has 7 nitrogen and oxygen atoms in total. The van der Waals surface area contributed by atoms with Crippen LogP contribution in [0.1, 0.15) is 65.2 Å². The van der Waals surface area contributed by atoms with E-state index in [-0.39, 0.29) is 35.7 Å². The molecule has 8 heteroatoms. The summed E-state index contributed by atoms with van der Waals surface area (Å²) in [7, 11) is 0. The number of halogens is 1. The van der Waals surface area contributed by atoms with Crippen molar-refractivity contribution >= 4 is 35.0 Å². The van der Waals surface area contributed by atoms with Crippen molar-refractivity contribution in [3.05, 3.63) is 41.4 Å². The zero-order valence-corrected chi connectivity index (χ0v) is 23.0. The number of benzene rings is 1. The first-order valence-electron chi connectivity index (χ1n) is 14.4. The zero-order chi connectivity index (χ0) is 26.6. The smallest absolute Gasteiger partial charge is 0.246 e. The molecule has 204 valence electrons. The number of nitrogens with zero attached hydrogens (tertiary/aromatic N) is 1. The molecule has 2 bridgehead atoms. The number of fused-ring (bicyclic) bond motifs is 1. The van der Waals surface area contributed by atoms with E-state index in [2.05, 4.69) is 24.5 Å². The van der Waals surface area contributed by atoms with Crippen LogP contribution in [-0.4, -0.2) is 52.5 Å². The maximum atomic E-state index is 14.4. The summed E-state index contributed by atoms with van der Waals surface area (Å²) in [6, 6.07) is 6.23. The lowest BCUT2D eigenvalue weighted by molar-refractivity contribution is -0.146. The second kappa shape index (κ2) is 9.98. The predicted octanol–water partition coefficient (Wildman–Crippen LogP) is 4.70. The Morgan fingerprint density at radius 1 is 1.00 bits per heavy atom. The standard InChI is InChI=1S/C30H38ClN3O4/c1-17-7-6-10-22(18(17)2)34-26(28(36)33-20-8-4-3-5-9-20)30-16-15-23(38-30)24(25(30)29(34)37)27(35)32-21-13-11-19(31)12-14-21/h11-18,20,22-26H,3-10H2,1-2H3,(H,32,35)(H,33,36). The normalized spacial score (nSPS) is 38.3. The summed E-state index contributed by atoms with van der Waals surface area (Å²) in [5.74, 6) is -1.23. The van der Waals surface area contributed by atoms with Crippen LogP contribution in [0.25, 0.3) is 0 Å². The molecule has 2 saturated carbocycles. The number of carbonyl (C=O) groups excluding carboxylic acids is 3. The lowest BCUT2D eigenvalue weighted by Crippen LogP contribution is -2.60. The summed E-state index contributed by atoms with van der Waals surface area (Å²) >= 11 is 6.02. The molecule has 1 spiro atoms. The molecular weight excluding hydrogens is 502 g/mol. The van der Waals surface area contributed by atoms with Gasteiger partial charge >= 0.3 is 0 Å². The number of rotatable bonds is 5. The lowest BCUT2D eigenvalue weighted by Gasteiger charge is -2.44. The second-order valence-corrected chi connectivity index (χ2v) is 12.6. The van der Waals surface area contributed by atoms with Crippen LogP contribution < -0.4 is 10.6 Å². The molecule has 0 radical (unpaired) electrons. The highest BCUT2D eigenvalue weighted by Crippen LogP contribution is 2.56. The Morgan fingerprint density at radius 2 is 1.74 bits per heavy atom. The van der Waals surface area contributed by atoms with E-state index in [0.717, 1.165) is 44.9 Å². The predicted molar refractivity (Wildman–Crippen MR) is 145 cm³/mol. The third kappa shape index (κ3) is 4.17. The Balaban J connectivity index is 1.34. The van der Waals surface area contributed by atoms with Gasteiger partial charge in [0.1, 0.15) is 11.6 Å². The number of anilines is 1. The van der Waals surface area contributed by atoms with E-state index in [1.807, 2.05) is 17.1 Å². The average molecular weight is 540 g/mol. The molecule has 5 aliphatic rings. The monoisotopic (exact) mass is 539 g/mol. The van der Waals surface area contributed by atoms with Crippen molar-refractivity contribution < 1.29 is 19.1 Å². The molecule has 1 aromatic carbocycles. The average Bonchev–Trinajstić information content (AvgIpc) is 3.55. The summed E-state index contributed by atoms with van der Waals surface area (Å²) in [5.41, 5.74) is -0.507. The lowest BCUT2D eigenvalue weighted by atomic mass is 9.74. The quantitative estimate of drug-likeness (QED) is 0.531. The first kappa shape index (κ1) is 25.9. The number of likely N-dealkylation sites (tertiary alicyclic amines) is 1. The van der Waals surface area contributed by atoms with Gasteiger partial charge in [0.25, 0.3) is 0 Å². The van der Waals surface area contributed by atoms with Crippen molar-refractivity contribution in [2.75, 3.05) is 5.32 Å². The summed E-state index contributed by atoms with van der Waals surface area (Å²) in [6.45, 7) is 4.43. The van der Waals surface area contributed by atoms with Gasteiger partial charge in [0.2, 0.25) is 17.7 Å². The van der Waals surface area contributed by atoms with Crippen LogP contribution in [0.15, 0.2) is 36.4 Å². The molecule has 8 unspecified atom stereocenters. The number of nitrogens with one attached hydrogen (secondary N) is 2. The Hall–Kier alpha value is -2.38. The fourth-order valence-electron chi connectivity index (χ4n) is 7.80. The maximum Gasteiger partial charge on any atom is 0.246 e. The summed E-state index contributed by atoms with van der Waals surface area (Å²) in [6.07, 6.45) is 11.6. The van der Waals surface area contributed by atoms with Crippen molar-refractivity contribution in [3.8, 4) is 0 Å². The number of amides is 3. The first-order valence-corrected chi connectivity index (χ1v) is 14.7. The van der Waals surface area contributed by atoms with Crippen LogP contribution in [0.4, 0.5) is 5.69 Å². The van der Waals surface area contributed by atoms with E-state index in [9.17, 15) is 14.4 Å². The van der Waals surface area contributed by atoms with Crippen LogP contribution in [0.2, 0.25) is 5.02 Å². The minimum absolute atomic E-state index is 0.0515. The van der Waals surface area contributed by atoms with Gasteiger partial charge in [0, 0.05) is 22.8 Å². The molecule has 8 atom stereocenters. The van der Waals surface area contributed by atoms with Gasteiger partial charge in [-0.25, -0.2) is 0 Å². The SMILES string of the molecule is CC1CCCC(N2C(=O)C3C(C(=O)Nc4ccc(Cl)cc4)C4C=CC3(O4)C2C(=O)NC2CCCCC2)C1C. The molecule has 4 fully saturated rings. The van der Waals surface area contributed by atoms with Gasteiger partial charge in [-0.05, 0) is 55.4 Å². The largest absolute Gasteiger partial charge is 0.359 e. The number of ether oxygens (including phenoxy) is 1. The van der Waals surface area contributed by atoms with Crippen LogP contribution >= 0.6 is 11.6 Å². The number of carbonyl (C=O) groups is 3. The van der Waals surface area contributed by atoms with Gasteiger partial charge in [-0.1, -0.05) is 69.7 Å². The van der Waals surface area contributed by atoms with Gasteiger partial charge in [0.15, 0.2) is 0 Å². The Bertz CT molecular complexity index is 1130. The van der Waals surface area contributed by atoms with E-state index >= 15 is 0 Å². The molecule has 3 aliphatic heterocycles. The number of hydrogen-bond donors (Lipinski definition) is 2. The highest BCUT2D eigenvalue weighted by atomic mass is 35.5. The van der Waals surface area contributed by atoms with E-state index < -0.39 is 29.6 Å². The molecule has 38 heavy (non-hydrogen) atoms. The molecule has 6 rings (SSSR count). The van der Waals surface area contributed by atoms with Crippen molar-refractivity contribution in [1.29, 1.82) is 0 Å². The van der Waals surface area contributed by atoms with Crippen molar-refractivity contribution in [1.82, 2.24) is 10.2 Å². The Kier molecular flexibility index (Phi) is 6.79. The molecule has 2 aliphatic carbocycles. The van der Waals surface area contributed by atoms with Crippen LogP contribution in [0.5, 0.6) is 0 Å². The van der Waals surface area contributed by atoms with Crippen molar-refractivity contribution in [2.24, 2.45) is 23.7 Å². The maximum absolute atomic E-state index is 14.4. The molecule has 1 aromatic rings. The summed E-state index contributed by atoms with van der Waals surface area (Å²) in [4.78, 5) is 44.0. The minimum Gasteiger partial charge on any atom is -0.359 e. The fourth-order valence-corrected chi connectivity index (χ4v) is 7.92. The van der Waals surface area contributed by atoms with E-state index in [1.54, 1.807) is 24.3 Å². The van der Waals surface area contributed by atoms with Crippen molar-refractivity contribution in [3.63, 3.8) is 0 Å². The Morgan fingerprint density at radius 3 is 2.47 bits per heavy atom. The second-order valence-electron chi connectivity index (χ2n) is 12.1. The first-order chi connectivity index (χ1) is 18.3. The summed E-state index contributed by atoms with van der Waals surface area (Å²) < 4.78 is 6.53. The third-order valence-electron chi connectivity index (χ3n) is 9.95. The molecule has 2 N–H and O–H groups in total. The molecule has 3 amide bonds. The minimum atomic E-state index is -1.12. The van der Waals surface area contributed by atoms with Gasteiger partial charge in [-0.15, -0.1) is 0 Å². The summed E-state index contributed by atoms with van der Waals surface area (Å²) in [5, 5.41) is 6.84. The fraction of sp³-hybridized carbons (Fsp3) is 0.633. The van der Waals surface area contributed by atoms with Gasteiger partial charge in [-0.2, -0.15) is 0 Å². The molecule has 2 saturated heterocycles. The van der Waals surface area contributed by atoms with Gasteiger partial charge in [0.05, 0.1) is 17.9 Å². The molecule has 3 heterocycles. The Labute approximate surface area is 229 Å². The highest BCUT2D eigenvalue weighted by molar-refractivity contribution is 6.30. The number of hydrogen-bond acceptors (Lipinski definition) is 4. The van der Waals surface area contributed by atoms with E-state index in [4.69, 9.17) is 16.3 Å². The molecule has 0 aromatic heterocycles. The topological polar surface area (TPSA) is 87.7 Å². The van der Waals surface area contributed by atoms with E-state index in [0.29, 0.717) is 16.6 Å². The molecular formula is C30H38ClN3O4. The van der Waals surface area contributed by atoms with Crippen LogP contribution in [-0.2, 0) is 19.1 Å². The van der Waals surface area contributed by atoms with Crippen LogP contribution in [0, 0.1) is 23.7 Å². The van der Waals surface area contributed by atoms with Crippen LogP contribution in [0.3, 0.4) is 0 Å². The highest BCUT2D eigenvalue weighted by Gasteiger charge is 2.73. The van der Waals surface area contributed by atoms with E-state index in [1.165, 1.54) is 6.42 Å². The third-order valence-corrected chi connectivity index (χ3v) is 10.2. The van der Waals surface area contributed by atoms with Crippen molar-refractivity contribution in [2.45, 2.75) is 95.0 Å². The zero-order valence-electron chi connectivity index (χ0n) is 22.2. The van der Waals surface area contributed by atoms with Gasteiger partial charge in [-0.3, -0.25) is 14.4 Å².